The van der Waals surface area contributed by atoms with E-state index in [4.69, 9.17) is 0 Å². The Morgan fingerprint density at radius 3 is 2.34 bits per heavy atom. The molecular formula is C18H28IN7O2S. The van der Waals surface area contributed by atoms with Crippen LogP contribution in [-0.2, 0) is 30.2 Å². The molecule has 1 aromatic heterocycles. The first-order valence-electron chi connectivity index (χ1n) is 9.37. The number of hydrogen-bond acceptors (Lipinski definition) is 5. The minimum Gasteiger partial charge on any atom is -0.352 e. The summed E-state index contributed by atoms with van der Waals surface area (Å²) in [7, 11) is 0.137. The lowest BCUT2D eigenvalue weighted by molar-refractivity contribution is 0.346. The van der Waals surface area contributed by atoms with Crippen LogP contribution in [0.4, 0.5) is 0 Å². The summed E-state index contributed by atoms with van der Waals surface area (Å²) in [6, 6.07) is 7.02. The Hall–Kier alpha value is -1.73. The maximum absolute atomic E-state index is 12.7. The molecule has 0 atom stereocenters. The van der Waals surface area contributed by atoms with Gasteiger partial charge in [-0.1, -0.05) is 18.6 Å². The van der Waals surface area contributed by atoms with Crippen molar-refractivity contribution < 1.29 is 8.42 Å². The molecule has 1 fully saturated rings. The maximum Gasteiger partial charge on any atom is 0.243 e. The van der Waals surface area contributed by atoms with Crippen LogP contribution in [0.5, 0.6) is 0 Å². The number of benzene rings is 1. The zero-order chi connectivity index (χ0) is 20.0. The molecule has 1 aromatic carbocycles. The number of aromatic nitrogens is 3. The monoisotopic (exact) mass is 533 g/mol. The first kappa shape index (κ1) is 23.5. The van der Waals surface area contributed by atoms with E-state index in [-0.39, 0.29) is 24.0 Å². The van der Waals surface area contributed by atoms with Crippen molar-refractivity contribution in [1.29, 1.82) is 0 Å². The highest BCUT2D eigenvalue weighted by atomic mass is 127. The summed E-state index contributed by atoms with van der Waals surface area (Å²) >= 11 is 0. The number of guanidine groups is 1. The second kappa shape index (κ2) is 10.9. The zero-order valence-corrected chi connectivity index (χ0v) is 19.9. The minimum absolute atomic E-state index is 0. The number of piperidine rings is 1. The van der Waals surface area contributed by atoms with Crippen molar-refractivity contribution in [2.45, 2.75) is 37.2 Å². The molecule has 0 unspecified atom stereocenters. The van der Waals surface area contributed by atoms with Crippen molar-refractivity contribution in [1.82, 2.24) is 29.7 Å². The summed E-state index contributed by atoms with van der Waals surface area (Å²) < 4.78 is 28.7. The van der Waals surface area contributed by atoms with Crippen LogP contribution in [-0.4, -0.2) is 53.6 Å². The van der Waals surface area contributed by atoms with E-state index in [0.29, 0.717) is 37.0 Å². The molecule has 0 bridgehead atoms. The third-order valence-electron chi connectivity index (χ3n) is 4.78. The van der Waals surface area contributed by atoms with Gasteiger partial charge in [-0.3, -0.25) is 9.67 Å². The standard InChI is InChI=1S/C18H27N7O2S.HI/c1-19-18(21-13-17-22-14-23-24(17)2)20-12-15-6-8-16(9-7-15)28(26,27)25-10-4-3-5-11-25;/h6-9,14H,3-5,10-13H2,1-2H3,(H2,19,20,21);1H. The Labute approximate surface area is 189 Å². The smallest absolute Gasteiger partial charge is 0.243 e. The second-order valence-electron chi connectivity index (χ2n) is 6.69. The van der Waals surface area contributed by atoms with Crippen molar-refractivity contribution in [3.05, 3.63) is 42.0 Å². The molecular weight excluding hydrogens is 505 g/mol. The number of nitrogens with one attached hydrogen (secondary N) is 2. The molecule has 9 nitrogen and oxygen atoms in total. The lowest BCUT2D eigenvalue weighted by Crippen LogP contribution is -2.37. The van der Waals surface area contributed by atoms with E-state index in [0.717, 1.165) is 30.7 Å². The Morgan fingerprint density at radius 1 is 1.10 bits per heavy atom. The highest BCUT2D eigenvalue weighted by Crippen LogP contribution is 2.20. The number of hydrogen-bond donors (Lipinski definition) is 2. The molecule has 0 saturated carbocycles. The van der Waals surface area contributed by atoms with Gasteiger partial charge in [0.25, 0.3) is 0 Å². The van der Waals surface area contributed by atoms with Gasteiger partial charge in [0.15, 0.2) is 5.96 Å². The van der Waals surface area contributed by atoms with E-state index >= 15 is 0 Å². The lowest BCUT2D eigenvalue weighted by atomic mass is 10.2. The van der Waals surface area contributed by atoms with Crippen molar-refractivity contribution >= 4 is 40.0 Å². The average Bonchev–Trinajstić information content (AvgIpc) is 3.14. The molecule has 1 saturated heterocycles. The van der Waals surface area contributed by atoms with Crippen molar-refractivity contribution in [3.8, 4) is 0 Å². The van der Waals surface area contributed by atoms with Gasteiger partial charge < -0.3 is 10.6 Å². The first-order valence-corrected chi connectivity index (χ1v) is 10.8. The normalized spacial score (nSPS) is 15.6. The summed E-state index contributed by atoms with van der Waals surface area (Å²) in [5.41, 5.74) is 0.971. The molecule has 2 N–H and O–H groups in total. The molecule has 11 heteroatoms. The second-order valence-corrected chi connectivity index (χ2v) is 8.63. The van der Waals surface area contributed by atoms with Crippen LogP contribution in [0.2, 0.25) is 0 Å². The fourth-order valence-electron chi connectivity index (χ4n) is 3.08. The molecule has 0 spiro atoms. The number of rotatable bonds is 6. The summed E-state index contributed by atoms with van der Waals surface area (Å²) in [4.78, 5) is 8.69. The summed E-state index contributed by atoms with van der Waals surface area (Å²) in [6.45, 7) is 2.25. The van der Waals surface area contributed by atoms with E-state index in [2.05, 4.69) is 25.7 Å². The molecule has 1 aliphatic heterocycles. The molecule has 29 heavy (non-hydrogen) atoms. The Morgan fingerprint density at radius 2 is 1.76 bits per heavy atom. The van der Waals surface area contributed by atoms with Gasteiger partial charge in [-0.05, 0) is 30.5 Å². The SMILES string of the molecule is CN=C(NCc1ccc(S(=O)(=O)N2CCCCC2)cc1)NCc1ncnn1C.I. The Bertz CT molecular complexity index is 907. The number of nitrogens with zero attached hydrogens (tertiary/aromatic N) is 5. The predicted molar refractivity (Wildman–Crippen MR) is 123 cm³/mol. The highest BCUT2D eigenvalue weighted by Gasteiger charge is 2.25. The van der Waals surface area contributed by atoms with Crippen LogP contribution in [0.25, 0.3) is 0 Å². The third kappa shape index (κ3) is 6.12. The molecule has 1 aliphatic rings. The van der Waals surface area contributed by atoms with Gasteiger partial charge in [-0.2, -0.15) is 9.40 Å². The first-order chi connectivity index (χ1) is 13.5. The van der Waals surface area contributed by atoms with E-state index in [1.54, 1.807) is 28.2 Å². The van der Waals surface area contributed by atoms with Crippen LogP contribution in [0.1, 0.15) is 30.7 Å². The maximum atomic E-state index is 12.7. The topological polar surface area (TPSA) is 105 Å². The molecule has 2 aromatic rings. The van der Waals surface area contributed by atoms with Crippen LogP contribution in [0.3, 0.4) is 0 Å². The highest BCUT2D eigenvalue weighted by molar-refractivity contribution is 14.0. The number of aliphatic imine (C=N–C) groups is 1. The third-order valence-corrected chi connectivity index (χ3v) is 6.69. The largest absolute Gasteiger partial charge is 0.352 e. The van der Waals surface area contributed by atoms with Gasteiger partial charge in [0.2, 0.25) is 10.0 Å². The molecule has 2 heterocycles. The van der Waals surface area contributed by atoms with Gasteiger partial charge in [0.05, 0.1) is 11.4 Å². The van der Waals surface area contributed by atoms with E-state index < -0.39 is 10.0 Å². The average molecular weight is 533 g/mol. The van der Waals surface area contributed by atoms with Crippen LogP contribution >= 0.6 is 24.0 Å². The van der Waals surface area contributed by atoms with Crippen LogP contribution in [0, 0.1) is 0 Å². The van der Waals surface area contributed by atoms with Crippen molar-refractivity contribution in [3.63, 3.8) is 0 Å². The molecule has 3 rings (SSSR count). The van der Waals surface area contributed by atoms with E-state index in [1.807, 2.05) is 19.2 Å². The Kier molecular flexibility index (Phi) is 8.83. The fourth-order valence-corrected chi connectivity index (χ4v) is 4.60. The summed E-state index contributed by atoms with van der Waals surface area (Å²) in [5, 5.41) is 10.4. The zero-order valence-electron chi connectivity index (χ0n) is 16.7. The van der Waals surface area contributed by atoms with Crippen molar-refractivity contribution in [2.24, 2.45) is 12.0 Å². The van der Waals surface area contributed by atoms with E-state index in [9.17, 15) is 8.42 Å². The number of halogens is 1. The number of sulfonamides is 1. The predicted octanol–water partition coefficient (Wildman–Crippen LogP) is 1.47. The van der Waals surface area contributed by atoms with Gasteiger partial charge >= 0.3 is 0 Å². The van der Waals surface area contributed by atoms with Gasteiger partial charge in [-0.25, -0.2) is 13.4 Å². The van der Waals surface area contributed by atoms with Gasteiger partial charge in [-0.15, -0.1) is 24.0 Å². The molecule has 0 amide bonds. The molecule has 160 valence electrons. The summed E-state index contributed by atoms with van der Waals surface area (Å²) in [5.74, 6) is 1.43. The summed E-state index contributed by atoms with van der Waals surface area (Å²) in [6.07, 6.45) is 4.47. The lowest BCUT2D eigenvalue weighted by Gasteiger charge is -2.25. The van der Waals surface area contributed by atoms with Gasteiger partial charge in [0.1, 0.15) is 12.2 Å². The quantitative estimate of drug-likeness (QED) is 0.331. The van der Waals surface area contributed by atoms with Gasteiger partial charge in [0, 0.05) is 33.7 Å². The number of aryl methyl sites for hydroxylation is 1. The fraction of sp³-hybridized carbons (Fsp3) is 0.500. The van der Waals surface area contributed by atoms with E-state index in [1.165, 1.54) is 6.33 Å². The van der Waals surface area contributed by atoms with Crippen LogP contribution < -0.4 is 10.6 Å². The Balaban J connectivity index is 0.00000300. The molecule has 0 aliphatic carbocycles. The van der Waals surface area contributed by atoms with Crippen molar-refractivity contribution in [2.75, 3.05) is 20.1 Å². The van der Waals surface area contributed by atoms with Crippen LogP contribution in [0.15, 0.2) is 40.5 Å². The molecule has 0 radical (unpaired) electrons. The minimum atomic E-state index is -3.39.